The third-order valence-electron chi connectivity index (χ3n) is 3.47. The van der Waals surface area contributed by atoms with Gasteiger partial charge in [-0.3, -0.25) is 0 Å². The molecule has 2 rings (SSSR count). The van der Waals surface area contributed by atoms with E-state index in [1.54, 1.807) is 0 Å². The number of aryl methyl sites for hydroxylation is 1. The summed E-state index contributed by atoms with van der Waals surface area (Å²) in [5.41, 5.74) is 4.03. The first-order chi connectivity index (χ1) is 8.61. The van der Waals surface area contributed by atoms with Crippen LogP contribution in [0, 0.1) is 6.92 Å². The predicted molar refractivity (Wildman–Crippen MR) is 82.6 cm³/mol. The van der Waals surface area contributed by atoms with E-state index in [9.17, 15) is 0 Å². The van der Waals surface area contributed by atoms with E-state index < -0.39 is 0 Å². The van der Waals surface area contributed by atoms with Gasteiger partial charge in [-0.2, -0.15) is 11.8 Å². The van der Waals surface area contributed by atoms with E-state index in [2.05, 4.69) is 38.2 Å². The molecule has 0 bridgehead atoms. The zero-order valence-corrected chi connectivity index (χ0v) is 13.0. The molecule has 0 amide bonds. The van der Waals surface area contributed by atoms with Gasteiger partial charge in [-0.05, 0) is 49.1 Å². The minimum absolute atomic E-state index is 0.461. The Labute approximate surface area is 120 Å². The number of benzene rings is 1. The van der Waals surface area contributed by atoms with Crippen molar-refractivity contribution < 1.29 is 0 Å². The van der Waals surface area contributed by atoms with Crippen LogP contribution in [0.2, 0.25) is 5.02 Å². The van der Waals surface area contributed by atoms with E-state index in [4.69, 9.17) is 11.6 Å². The average molecular weight is 284 g/mol. The van der Waals surface area contributed by atoms with Gasteiger partial charge in [-0.1, -0.05) is 31.5 Å². The van der Waals surface area contributed by atoms with Gasteiger partial charge in [0, 0.05) is 22.1 Å². The third kappa shape index (κ3) is 3.23. The van der Waals surface area contributed by atoms with E-state index in [0.717, 1.165) is 17.3 Å². The summed E-state index contributed by atoms with van der Waals surface area (Å²) >= 11 is 8.44. The van der Waals surface area contributed by atoms with Gasteiger partial charge in [0.15, 0.2) is 0 Å². The Bertz CT molecular complexity index is 419. The van der Waals surface area contributed by atoms with Crippen LogP contribution >= 0.6 is 23.4 Å². The first-order valence-corrected chi connectivity index (χ1v) is 8.18. The smallest absolute Gasteiger partial charge is 0.0452 e. The Balaban J connectivity index is 2.36. The van der Waals surface area contributed by atoms with Crippen molar-refractivity contribution in [2.24, 2.45) is 0 Å². The molecule has 1 aliphatic heterocycles. The van der Waals surface area contributed by atoms with Gasteiger partial charge < -0.3 is 5.32 Å². The second-order valence-electron chi connectivity index (χ2n) is 5.18. The third-order valence-corrected chi connectivity index (χ3v) is 5.02. The lowest BCUT2D eigenvalue weighted by atomic mass is 9.95. The van der Waals surface area contributed by atoms with Gasteiger partial charge in [-0.15, -0.1) is 0 Å². The first kappa shape index (κ1) is 14.2. The highest BCUT2D eigenvalue weighted by Gasteiger charge is 2.24. The van der Waals surface area contributed by atoms with Crippen LogP contribution in [0.15, 0.2) is 12.1 Å². The van der Waals surface area contributed by atoms with Gasteiger partial charge in [0.25, 0.3) is 0 Å². The summed E-state index contributed by atoms with van der Waals surface area (Å²) in [6.45, 7) is 7.74. The molecule has 1 nitrogen and oxygen atoms in total. The summed E-state index contributed by atoms with van der Waals surface area (Å²) in [6.07, 6.45) is 2.37. The molecule has 100 valence electrons. The van der Waals surface area contributed by atoms with Crippen LogP contribution in [-0.4, -0.2) is 11.8 Å². The van der Waals surface area contributed by atoms with Crippen LogP contribution in [0.5, 0.6) is 0 Å². The molecule has 2 unspecified atom stereocenters. The molecule has 1 aromatic rings. The van der Waals surface area contributed by atoms with Crippen molar-refractivity contribution >= 4 is 23.4 Å². The van der Waals surface area contributed by atoms with E-state index in [1.807, 2.05) is 11.8 Å². The van der Waals surface area contributed by atoms with Crippen LogP contribution in [0.4, 0.5) is 0 Å². The Kier molecular flexibility index (Phi) is 4.99. The van der Waals surface area contributed by atoms with Gasteiger partial charge in [0.2, 0.25) is 0 Å². The molecule has 0 spiro atoms. The minimum Gasteiger partial charge on any atom is -0.310 e. The SMILES string of the molecule is CCCNC1CC(C)SCc2c(Cl)cc(C)cc21. The summed E-state index contributed by atoms with van der Waals surface area (Å²) in [4.78, 5) is 0. The fraction of sp³-hybridized carbons (Fsp3) is 0.600. The lowest BCUT2D eigenvalue weighted by Gasteiger charge is -2.21. The summed E-state index contributed by atoms with van der Waals surface area (Å²) in [5, 5.41) is 5.30. The van der Waals surface area contributed by atoms with Crippen molar-refractivity contribution in [3.8, 4) is 0 Å². The molecule has 0 radical (unpaired) electrons. The number of rotatable bonds is 3. The second-order valence-corrected chi connectivity index (χ2v) is 7.01. The summed E-state index contributed by atoms with van der Waals surface area (Å²) in [7, 11) is 0. The summed E-state index contributed by atoms with van der Waals surface area (Å²) in [5.74, 6) is 1.04. The van der Waals surface area contributed by atoms with Gasteiger partial charge in [-0.25, -0.2) is 0 Å². The van der Waals surface area contributed by atoms with E-state index in [1.165, 1.54) is 29.5 Å². The highest BCUT2D eigenvalue weighted by atomic mass is 35.5. The van der Waals surface area contributed by atoms with Crippen molar-refractivity contribution in [1.29, 1.82) is 0 Å². The number of fused-ring (bicyclic) bond motifs is 1. The molecule has 0 saturated carbocycles. The molecular formula is C15H22ClNS. The maximum atomic E-state index is 6.43. The quantitative estimate of drug-likeness (QED) is 0.862. The predicted octanol–water partition coefficient (Wildman–Crippen LogP) is 4.71. The number of hydrogen-bond donors (Lipinski definition) is 1. The molecule has 1 aliphatic rings. The highest BCUT2D eigenvalue weighted by Crippen LogP contribution is 2.38. The van der Waals surface area contributed by atoms with E-state index in [-0.39, 0.29) is 0 Å². The number of hydrogen-bond acceptors (Lipinski definition) is 2. The number of thioether (sulfide) groups is 1. The van der Waals surface area contributed by atoms with Crippen LogP contribution in [0.25, 0.3) is 0 Å². The van der Waals surface area contributed by atoms with Crippen molar-refractivity contribution in [2.75, 3.05) is 6.54 Å². The van der Waals surface area contributed by atoms with Crippen molar-refractivity contribution in [3.05, 3.63) is 33.8 Å². The first-order valence-electron chi connectivity index (χ1n) is 6.75. The Morgan fingerprint density at radius 1 is 1.44 bits per heavy atom. The molecule has 1 aromatic carbocycles. The van der Waals surface area contributed by atoms with Crippen LogP contribution in [0.1, 0.15) is 49.4 Å². The van der Waals surface area contributed by atoms with Crippen LogP contribution in [-0.2, 0) is 5.75 Å². The summed E-state index contributed by atoms with van der Waals surface area (Å²) in [6, 6.07) is 4.86. The fourth-order valence-electron chi connectivity index (χ4n) is 2.53. The van der Waals surface area contributed by atoms with Crippen molar-refractivity contribution in [3.63, 3.8) is 0 Å². The molecule has 0 aliphatic carbocycles. The molecule has 18 heavy (non-hydrogen) atoms. The zero-order chi connectivity index (χ0) is 13.1. The minimum atomic E-state index is 0.461. The highest BCUT2D eigenvalue weighted by molar-refractivity contribution is 7.99. The Morgan fingerprint density at radius 2 is 2.22 bits per heavy atom. The second kappa shape index (κ2) is 6.31. The standard InChI is InChI=1S/C15H22ClNS/c1-4-5-17-15-8-11(3)18-9-13-12(15)6-10(2)7-14(13)16/h6-7,11,15,17H,4-5,8-9H2,1-3H3. The number of nitrogens with one attached hydrogen (secondary N) is 1. The zero-order valence-electron chi connectivity index (χ0n) is 11.4. The van der Waals surface area contributed by atoms with Crippen LogP contribution in [0.3, 0.4) is 0 Å². The largest absolute Gasteiger partial charge is 0.310 e. The van der Waals surface area contributed by atoms with Crippen molar-refractivity contribution in [2.45, 2.75) is 50.7 Å². The molecule has 2 atom stereocenters. The van der Waals surface area contributed by atoms with Crippen molar-refractivity contribution in [1.82, 2.24) is 5.32 Å². The van der Waals surface area contributed by atoms with Gasteiger partial charge in [0.1, 0.15) is 0 Å². The molecule has 1 heterocycles. The molecule has 1 N–H and O–H groups in total. The summed E-state index contributed by atoms with van der Waals surface area (Å²) < 4.78 is 0. The normalized spacial score (nSPS) is 23.6. The Hall–Kier alpha value is -0.180. The molecule has 0 saturated heterocycles. The number of halogens is 1. The topological polar surface area (TPSA) is 12.0 Å². The lowest BCUT2D eigenvalue weighted by Crippen LogP contribution is -2.24. The average Bonchev–Trinajstić information content (AvgIpc) is 2.47. The maximum Gasteiger partial charge on any atom is 0.0452 e. The molecule has 0 aromatic heterocycles. The fourth-order valence-corrected chi connectivity index (χ4v) is 4.06. The van der Waals surface area contributed by atoms with Gasteiger partial charge in [0.05, 0.1) is 0 Å². The van der Waals surface area contributed by atoms with E-state index in [0.29, 0.717) is 11.3 Å². The monoisotopic (exact) mass is 283 g/mol. The van der Waals surface area contributed by atoms with Crippen LogP contribution < -0.4 is 5.32 Å². The lowest BCUT2D eigenvalue weighted by molar-refractivity contribution is 0.499. The van der Waals surface area contributed by atoms with E-state index >= 15 is 0 Å². The molecule has 0 fully saturated rings. The Morgan fingerprint density at radius 3 is 2.94 bits per heavy atom. The molecule has 3 heteroatoms. The molecular weight excluding hydrogens is 262 g/mol. The maximum absolute atomic E-state index is 6.43. The van der Waals surface area contributed by atoms with Gasteiger partial charge >= 0.3 is 0 Å².